The Hall–Kier alpha value is -1.76. The number of aromatic nitrogens is 2. The topological polar surface area (TPSA) is 44.1 Å². The second-order valence-electron chi connectivity index (χ2n) is 3.69. The molecule has 0 amide bonds. The molecule has 1 rings (SSSR count). The number of rotatable bonds is 3. The summed E-state index contributed by atoms with van der Waals surface area (Å²) in [5.74, 6) is 1.97. The van der Waals surface area contributed by atoms with Gasteiger partial charge in [0.1, 0.15) is 6.54 Å². The fourth-order valence-electron chi connectivity index (χ4n) is 1.87. The quantitative estimate of drug-likeness (QED) is 0.571. The van der Waals surface area contributed by atoms with Crippen molar-refractivity contribution in [2.24, 2.45) is 0 Å². The molecule has 4 nitrogen and oxygen atoms in total. The van der Waals surface area contributed by atoms with E-state index >= 15 is 0 Å². The second-order valence-corrected chi connectivity index (χ2v) is 3.69. The van der Waals surface area contributed by atoms with Crippen molar-refractivity contribution >= 4 is 5.97 Å². The monoisotopic (exact) mass is 220 g/mol. The number of carbonyl (C=O) groups excluding carboxylic acids is 1. The minimum Gasteiger partial charge on any atom is -0.469 e. The van der Waals surface area contributed by atoms with Gasteiger partial charge in [-0.3, -0.25) is 9.48 Å². The molecule has 0 fully saturated rings. The summed E-state index contributed by atoms with van der Waals surface area (Å²) in [5.41, 5.74) is 2.65. The molecule has 16 heavy (non-hydrogen) atoms. The highest BCUT2D eigenvalue weighted by Crippen LogP contribution is 2.24. The standard InChI is InChI=1S/C12H16N2O2/c1-6-7-14-10(4)11(9(3)13-14)8(2)12(15)16-5/h1,8H,7H2,2-5H3. The van der Waals surface area contributed by atoms with Crippen molar-refractivity contribution < 1.29 is 9.53 Å². The first-order valence-electron chi connectivity index (χ1n) is 5.08. The molecule has 0 aliphatic carbocycles. The Balaban J connectivity index is 3.14. The predicted molar refractivity (Wildman–Crippen MR) is 61.0 cm³/mol. The van der Waals surface area contributed by atoms with Crippen LogP contribution < -0.4 is 0 Å². The normalized spacial score (nSPS) is 11.9. The number of esters is 1. The van der Waals surface area contributed by atoms with Gasteiger partial charge in [0.05, 0.1) is 18.7 Å². The Morgan fingerprint density at radius 1 is 1.62 bits per heavy atom. The molecule has 0 saturated carbocycles. The molecular formula is C12H16N2O2. The molecule has 0 aliphatic heterocycles. The Morgan fingerprint density at radius 3 is 2.75 bits per heavy atom. The SMILES string of the molecule is C#CCn1nc(C)c(C(C)C(=O)OC)c1C. The summed E-state index contributed by atoms with van der Waals surface area (Å²) in [5, 5.41) is 4.30. The van der Waals surface area contributed by atoms with E-state index in [1.807, 2.05) is 20.8 Å². The van der Waals surface area contributed by atoms with Crippen LogP contribution >= 0.6 is 0 Å². The lowest BCUT2D eigenvalue weighted by Gasteiger charge is -2.09. The van der Waals surface area contributed by atoms with Crippen LogP contribution in [0.25, 0.3) is 0 Å². The van der Waals surface area contributed by atoms with Gasteiger partial charge in [0.15, 0.2) is 0 Å². The minimum absolute atomic E-state index is 0.258. The van der Waals surface area contributed by atoms with E-state index in [-0.39, 0.29) is 11.9 Å². The molecule has 1 aromatic heterocycles. The van der Waals surface area contributed by atoms with Gasteiger partial charge in [-0.05, 0) is 20.8 Å². The Labute approximate surface area is 95.6 Å². The van der Waals surface area contributed by atoms with E-state index in [2.05, 4.69) is 11.0 Å². The molecule has 0 N–H and O–H groups in total. The number of methoxy groups -OCH3 is 1. The Bertz CT molecular complexity index is 441. The van der Waals surface area contributed by atoms with Crippen LogP contribution in [0.15, 0.2) is 0 Å². The van der Waals surface area contributed by atoms with Gasteiger partial charge in [-0.2, -0.15) is 5.10 Å². The lowest BCUT2D eigenvalue weighted by molar-refractivity contribution is -0.142. The van der Waals surface area contributed by atoms with Crippen molar-refractivity contribution in [3.05, 3.63) is 17.0 Å². The number of ether oxygens (including phenoxy) is 1. The van der Waals surface area contributed by atoms with Gasteiger partial charge in [0, 0.05) is 11.3 Å². The van der Waals surface area contributed by atoms with Crippen LogP contribution in [0.3, 0.4) is 0 Å². The van der Waals surface area contributed by atoms with Crippen LogP contribution in [0.2, 0.25) is 0 Å². The first-order chi connectivity index (χ1) is 7.52. The highest BCUT2D eigenvalue weighted by Gasteiger charge is 2.23. The number of carbonyl (C=O) groups is 1. The Kier molecular flexibility index (Phi) is 3.73. The minimum atomic E-state index is -0.309. The van der Waals surface area contributed by atoms with Crippen LogP contribution in [0, 0.1) is 26.2 Å². The van der Waals surface area contributed by atoms with E-state index in [4.69, 9.17) is 11.2 Å². The maximum Gasteiger partial charge on any atom is 0.312 e. The number of hydrogen-bond donors (Lipinski definition) is 0. The zero-order valence-corrected chi connectivity index (χ0v) is 10.1. The average molecular weight is 220 g/mol. The van der Waals surface area contributed by atoms with Crippen molar-refractivity contribution in [3.63, 3.8) is 0 Å². The maximum atomic E-state index is 11.5. The van der Waals surface area contributed by atoms with Crippen molar-refractivity contribution in [3.8, 4) is 12.3 Å². The molecule has 0 spiro atoms. The largest absolute Gasteiger partial charge is 0.469 e. The molecular weight excluding hydrogens is 204 g/mol. The van der Waals surface area contributed by atoms with Gasteiger partial charge < -0.3 is 4.74 Å². The molecule has 0 aromatic carbocycles. The first kappa shape index (κ1) is 12.3. The fraction of sp³-hybridized carbons (Fsp3) is 0.500. The van der Waals surface area contributed by atoms with Crippen molar-refractivity contribution in [2.45, 2.75) is 33.2 Å². The highest BCUT2D eigenvalue weighted by molar-refractivity contribution is 5.78. The van der Waals surface area contributed by atoms with Gasteiger partial charge in [-0.1, -0.05) is 5.92 Å². The van der Waals surface area contributed by atoms with E-state index in [1.165, 1.54) is 7.11 Å². The summed E-state index contributed by atoms with van der Waals surface area (Å²) >= 11 is 0. The van der Waals surface area contributed by atoms with E-state index in [0.717, 1.165) is 17.0 Å². The third-order valence-corrected chi connectivity index (χ3v) is 2.67. The van der Waals surface area contributed by atoms with Crippen LogP contribution in [0.5, 0.6) is 0 Å². The molecule has 4 heteroatoms. The molecule has 1 atom stereocenters. The maximum absolute atomic E-state index is 11.5. The zero-order chi connectivity index (χ0) is 12.3. The number of aryl methyl sites for hydroxylation is 1. The molecule has 1 unspecified atom stereocenters. The summed E-state index contributed by atoms with van der Waals surface area (Å²) in [4.78, 5) is 11.5. The summed E-state index contributed by atoms with van der Waals surface area (Å²) < 4.78 is 6.46. The lowest BCUT2D eigenvalue weighted by atomic mass is 9.99. The van der Waals surface area contributed by atoms with Gasteiger partial charge in [0.2, 0.25) is 0 Å². The third kappa shape index (κ3) is 2.08. The van der Waals surface area contributed by atoms with Crippen molar-refractivity contribution in [1.82, 2.24) is 9.78 Å². The molecule has 0 aliphatic rings. The van der Waals surface area contributed by atoms with Crippen LogP contribution in [0.4, 0.5) is 0 Å². The molecule has 0 bridgehead atoms. The van der Waals surface area contributed by atoms with Crippen molar-refractivity contribution in [2.75, 3.05) is 7.11 Å². The first-order valence-corrected chi connectivity index (χ1v) is 5.08. The van der Waals surface area contributed by atoms with E-state index in [1.54, 1.807) is 4.68 Å². The molecule has 1 aromatic rings. The second kappa shape index (κ2) is 4.84. The van der Waals surface area contributed by atoms with Gasteiger partial charge in [-0.15, -0.1) is 6.42 Å². The van der Waals surface area contributed by atoms with Gasteiger partial charge in [0.25, 0.3) is 0 Å². The van der Waals surface area contributed by atoms with Crippen LogP contribution in [-0.2, 0) is 16.1 Å². The molecule has 0 saturated heterocycles. The number of nitrogens with zero attached hydrogens (tertiary/aromatic N) is 2. The highest BCUT2D eigenvalue weighted by atomic mass is 16.5. The summed E-state index contributed by atoms with van der Waals surface area (Å²) in [6, 6.07) is 0. The van der Waals surface area contributed by atoms with E-state index < -0.39 is 0 Å². The summed E-state index contributed by atoms with van der Waals surface area (Å²) in [6.07, 6.45) is 5.25. The summed E-state index contributed by atoms with van der Waals surface area (Å²) in [6.45, 7) is 6.00. The molecule has 0 radical (unpaired) electrons. The summed E-state index contributed by atoms with van der Waals surface area (Å²) in [7, 11) is 1.38. The van der Waals surface area contributed by atoms with E-state index in [0.29, 0.717) is 6.54 Å². The Morgan fingerprint density at radius 2 is 2.25 bits per heavy atom. The van der Waals surface area contributed by atoms with Crippen LogP contribution in [-0.4, -0.2) is 22.9 Å². The number of terminal acetylenes is 1. The molecule has 1 heterocycles. The van der Waals surface area contributed by atoms with Crippen LogP contribution in [0.1, 0.15) is 29.8 Å². The van der Waals surface area contributed by atoms with Gasteiger partial charge in [-0.25, -0.2) is 0 Å². The van der Waals surface area contributed by atoms with Gasteiger partial charge >= 0.3 is 5.97 Å². The number of hydrogen-bond acceptors (Lipinski definition) is 3. The zero-order valence-electron chi connectivity index (χ0n) is 10.1. The van der Waals surface area contributed by atoms with Crippen molar-refractivity contribution in [1.29, 1.82) is 0 Å². The molecule has 86 valence electrons. The smallest absolute Gasteiger partial charge is 0.312 e. The predicted octanol–water partition coefficient (Wildman–Crippen LogP) is 1.41. The lowest BCUT2D eigenvalue weighted by Crippen LogP contribution is -2.12. The van der Waals surface area contributed by atoms with E-state index in [9.17, 15) is 4.79 Å². The fourth-order valence-corrected chi connectivity index (χ4v) is 1.87. The average Bonchev–Trinajstić information content (AvgIpc) is 2.53. The third-order valence-electron chi connectivity index (χ3n) is 2.67.